The molecule has 1 atom stereocenters. The standard InChI is InChI=1S/C24H33N7O2/c1-5-28-13-15-29(16-14-28)12-11-25-23(32)19(4)31-24(33)21-18(3)30(20-9-7-6-8-10-20)27-22(21)17(2)26-31/h6-10,19H,5,11-16H2,1-4H3,(H,25,32). The van der Waals surface area contributed by atoms with E-state index in [0.717, 1.165) is 50.6 Å². The lowest BCUT2D eigenvalue weighted by molar-refractivity contribution is -0.124. The molecule has 9 nitrogen and oxygen atoms in total. The fourth-order valence-corrected chi connectivity index (χ4v) is 4.39. The van der Waals surface area contributed by atoms with E-state index in [1.165, 1.54) is 4.68 Å². The second-order valence-electron chi connectivity index (χ2n) is 8.63. The van der Waals surface area contributed by atoms with Crippen molar-refractivity contribution in [3.8, 4) is 5.69 Å². The Kier molecular flexibility index (Phi) is 6.90. The van der Waals surface area contributed by atoms with E-state index in [1.54, 1.807) is 11.6 Å². The summed E-state index contributed by atoms with van der Waals surface area (Å²) < 4.78 is 3.05. The van der Waals surface area contributed by atoms with E-state index in [4.69, 9.17) is 0 Å². The third-order valence-corrected chi connectivity index (χ3v) is 6.53. The van der Waals surface area contributed by atoms with Crippen LogP contribution >= 0.6 is 0 Å². The monoisotopic (exact) mass is 451 g/mol. The van der Waals surface area contributed by atoms with Crippen molar-refractivity contribution >= 4 is 16.8 Å². The third kappa shape index (κ3) is 4.69. The van der Waals surface area contributed by atoms with E-state index in [1.807, 2.05) is 44.2 Å². The predicted molar refractivity (Wildman–Crippen MR) is 129 cm³/mol. The minimum absolute atomic E-state index is 0.205. The Bertz CT molecular complexity index is 1180. The number of likely N-dealkylation sites (N-methyl/N-ethyl adjacent to an activating group) is 1. The van der Waals surface area contributed by atoms with Crippen molar-refractivity contribution < 1.29 is 4.79 Å². The number of rotatable bonds is 7. The highest BCUT2D eigenvalue weighted by molar-refractivity contribution is 5.84. The molecule has 0 bridgehead atoms. The molecule has 33 heavy (non-hydrogen) atoms. The molecule has 0 aliphatic carbocycles. The summed E-state index contributed by atoms with van der Waals surface area (Å²) in [5.74, 6) is -0.205. The van der Waals surface area contributed by atoms with Crippen molar-refractivity contribution in [3.05, 3.63) is 52.1 Å². The Balaban J connectivity index is 1.49. The summed E-state index contributed by atoms with van der Waals surface area (Å²) in [7, 11) is 0. The van der Waals surface area contributed by atoms with Crippen LogP contribution in [-0.4, -0.2) is 81.1 Å². The van der Waals surface area contributed by atoms with Crippen molar-refractivity contribution in [2.45, 2.75) is 33.7 Å². The van der Waals surface area contributed by atoms with Crippen molar-refractivity contribution in [2.75, 3.05) is 45.8 Å². The van der Waals surface area contributed by atoms with Crippen LogP contribution in [0.3, 0.4) is 0 Å². The number of carbonyl (C=O) groups is 1. The second-order valence-corrected chi connectivity index (χ2v) is 8.63. The Morgan fingerprint density at radius 2 is 1.73 bits per heavy atom. The molecule has 1 aliphatic heterocycles. The van der Waals surface area contributed by atoms with Crippen LogP contribution in [0, 0.1) is 13.8 Å². The lowest BCUT2D eigenvalue weighted by atomic mass is 10.2. The van der Waals surface area contributed by atoms with E-state index < -0.39 is 6.04 Å². The van der Waals surface area contributed by atoms with E-state index in [0.29, 0.717) is 23.1 Å². The minimum atomic E-state index is -0.711. The van der Waals surface area contributed by atoms with Crippen LogP contribution in [0.2, 0.25) is 0 Å². The molecule has 0 spiro atoms. The summed E-state index contributed by atoms with van der Waals surface area (Å²) in [5, 5.41) is 12.5. The number of carbonyl (C=O) groups excluding carboxylic acids is 1. The molecule has 1 saturated heterocycles. The molecular weight excluding hydrogens is 418 g/mol. The summed E-state index contributed by atoms with van der Waals surface area (Å²) >= 11 is 0. The topological polar surface area (TPSA) is 88.3 Å². The SMILES string of the molecule is CCN1CCN(CCNC(=O)C(C)n2nc(C)c3nn(-c4ccccc4)c(C)c3c2=O)CC1. The van der Waals surface area contributed by atoms with Gasteiger partial charge in [0.25, 0.3) is 5.56 Å². The van der Waals surface area contributed by atoms with Crippen LogP contribution in [0.15, 0.2) is 35.1 Å². The number of aryl methyl sites for hydroxylation is 2. The number of benzene rings is 1. The summed E-state index contributed by atoms with van der Waals surface area (Å²) in [6.45, 7) is 14.2. The molecule has 3 heterocycles. The van der Waals surface area contributed by atoms with Gasteiger partial charge >= 0.3 is 0 Å². The number of piperazine rings is 1. The smallest absolute Gasteiger partial charge is 0.278 e. The maximum absolute atomic E-state index is 13.3. The third-order valence-electron chi connectivity index (χ3n) is 6.53. The average Bonchev–Trinajstić information content (AvgIpc) is 3.20. The molecule has 9 heteroatoms. The molecule has 176 valence electrons. The Labute approximate surface area is 194 Å². The van der Waals surface area contributed by atoms with E-state index in [-0.39, 0.29) is 11.5 Å². The van der Waals surface area contributed by atoms with E-state index in [2.05, 4.69) is 32.2 Å². The van der Waals surface area contributed by atoms with Gasteiger partial charge in [-0.05, 0) is 39.4 Å². The summed E-state index contributed by atoms with van der Waals surface area (Å²) in [6, 6.07) is 8.97. The molecule has 1 N–H and O–H groups in total. The first-order chi connectivity index (χ1) is 15.9. The summed E-state index contributed by atoms with van der Waals surface area (Å²) in [4.78, 5) is 30.9. The van der Waals surface area contributed by atoms with Crippen molar-refractivity contribution in [3.63, 3.8) is 0 Å². The van der Waals surface area contributed by atoms with E-state index in [9.17, 15) is 9.59 Å². The molecule has 0 saturated carbocycles. The molecule has 1 aliphatic rings. The molecule has 1 unspecified atom stereocenters. The fourth-order valence-electron chi connectivity index (χ4n) is 4.39. The highest BCUT2D eigenvalue weighted by atomic mass is 16.2. The maximum Gasteiger partial charge on any atom is 0.278 e. The van der Waals surface area contributed by atoms with Crippen LogP contribution in [0.1, 0.15) is 31.3 Å². The summed E-state index contributed by atoms with van der Waals surface area (Å²) in [6.07, 6.45) is 0. The Morgan fingerprint density at radius 3 is 2.39 bits per heavy atom. The zero-order chi connectivity index (χ0) is 23.5. The zero-order valence-corrected chi connectivity index (χ0v) is 19.9. The molecule has 1 aromatic carbocycles. The zero-order valence-electron chi connectivity index (χ0n) is 19.9. The number of nitrogens with zero attached hydrogens (tertiary/aromatic N) is 6. The van der Waals surface area contributed by atoms with Gasteiger partial charge in [-0.1, -0.05) is 25.1 Å². The van der Waals surface area contributed by atoms with Crippen LogP contribution < -0.4 is 10.9 Å². The Hall–Kier alpha value is -3.04. The lowest BCUT2D eigenvalue weighted by Gasteiger charge is -2.34. The number of aromatic nitrogens is 4. The van der Waals surface area contributed by atoms with Gasteiger partial charge in [0.1, 0.15) is 11.6 Å². The predicted octanol–water partition coefficient (Wildman–Crippen LogP) is 1.51. The minimum Gasteiger partial charge on any atom is -0.353 e. The number of para-hydroxylation sites is 1. The van der Waals surface area contributed by atoms with Gasteiger partial charge in [-0.15, -0.1) is 0 Å². The quantitative estimate of drug-likeness (QED) is 0.586. The first-order valence-electron chi connectivity index (χ1n) is 11.7. The van der Waals surface area contributed by atoms with Gasteiger partial charge < -0.3 is 10.2 Å². The van der Waals surface area contributed by atoms with Gasteiger partial charge in [-0.25, -0.2) is 9.36 Å². The molecular formula is C24H33N7O2. The molecule has 0 radical (unpaired) electrons. The summed E-state index contributed by atoms with van der Waals surface area (Å²) in [5.41, 5.74) is 2.50. The van der Waals surface area contributed by atoms with Crippen molar-refractivity contribution in [1.29, 1.82) is 0 Å². The van der Waals surface area contributed by atoms with Crippen LogP contribution in [0.25, 0.3) is 16.6 Å². The first kappa shape index (κ1) is 23.1. The van der Waals surface area contributed by atoms with E-state index >= 15 is 0 Å². The highest BCUT2D eigenvalue weighted by Gasteiger charge is 2.23. The Morgan fingerprint density at radius 1 is 1.06 bits per heavy atom. The molecule has 3 aromatic rings. The van der Waals surface area contributed by atoms with Gasteiger partial charge in [-0.2, -0.15) is 10.2 Å². The van der Waals surface area contributed by atoms with Crippen LogP contribution in [0.4, 0.5) is 0 Å². The van der Waals surface area contributed by atoms with Gasteiger partial charge in [0.05, 0.1) is 22.5 Å². The number of hydrogen-bond donors (Lipinski definition) is 1. The van der Waals surface area contributed by atoms with Gasteiger partial charge in [0, 0.05) is 39.3 Å². The second kappa shape index (κ2) is 9.84. The fraction of sp³-hybridized carbons (Fsp3) is 0.500. The molecule has 1 fully saturated rings. The van der Waals surface area contributed by atoms with Crippen LogP contribution in [-0.2, 0) is 4.79 Å². The largest absolute Gasteiger partial charge is 0.353 e. The number of nitrogens with one attached hydrogen (secondary N) is 1. The maximum atomic E-state index is 13.3. The molecule has 2 aromatic heterocycles. The average molecular weight is 452 g/mol. The molecule has 4 rings (SSSR count). The van der Waals surface area contributed by atoms with Crippen molar-refractivity contribution in [1.82, 2.24) is 34.7 Å². The van der Waals surface area contributed by atoms with Gasteiger partial charge in [-0.3, -0.25) is 14.5 Å². The van der Waals surface area contributed by atoms with Gasteiger partial charge in [0.2, 0.25) is 5.91 Å². The van der Waals surface area contributed by atoms with Crippen molar-refractivity contribution in [2.24, 2.45) is 0 Å². The highest BCUT2D eigenvalue weighted by Crippen LogP contribution is 2.20. The first-order valence-corrected chi connectivity index (χ1v) is 11.7. The normalized spacial score (nSPS) is 16.2. The number of fused-ring (bicyclic) bond motifs is 1. The number of hydrogen-bond acceptors (Lipinski definition) is 6. The molecule has 1 amide bonds. The van der Waals surface area contributed by atoms with Gasteiger partial charge in [0.15, 0.2) is 0 Å². The lowest BCUT2D eigenvalue weighted by Crippen LogP contribution is -2.48. The van der Waals surface area contributed by atoms with Crippen LogP contribution in [0.5, 0.6) is 0 Å². The number of amides is 1.